The predicted molar refractivity (Wildman–Crippen MR) is 148 cm³/mol. The molecular weight excluding hydrogens is 478 g/mol. The third-order valence-corrected chi connectivity index (χ3v) is 6.36. The van der Waals surface area contributed by atoms with Gasteiger partial charge < -0.3 is 16.8 Å². The third-order valence-electron chi connectivity index (χ3n) is 6.36. The van der Waals surface area contributed by atoms with Gasteiger partial charge in [-0.2, -0.15) is 0 Å². The highest BCUT2D eigenvalue weighted by Crippen LogP contribution is 2.20. The zero-order valence-corrected chi connectivity index (χ0v) is 20.9. The molecule has 1 aliphatic heterocycles. The molecule has 0 atom stereocenters. The fourth-order valence-corrected chi connectivity index (χ4v) is 4.35. The summed E-state index contributed by atoms with van der Waals surface area (Å²) in [4.78, 5) is 28.2. The third kappa shape index (κ3) is 4.73. The Balaban J connectivity index is 0.000000190. The van der Waals surface area contributed by atoms with E-state index in [9.17, 15) is 9.59 Å². The Morgan fingerprint density at radius 3 is 2.61 bits per heavy atom. The minimum Gasteiger partial charge on any atom is -0.381 e. The summed E-state index contributed by atoms with van der Waals surface area (Å²) < 4.78 is 3.23. The first-order chi connectivity index (χ1) is 18.5. The van der Waals surface area contributed by atoms with Crippen LogP contribution in [-0.4, -0.2) is 38.2 Å². The van der Waals surface area contributed by atoms with Gasteiger partial charge in [0.25, 0.3) is 11.5 Å². The predicted octanol–water partition coefficient (Wildman–Crippen LogP) is 2.53. The van der Waals surface area contributed by atoms with Gasteiger partial charge in [-0.1, -0.05) is 49.1 Å². The Hall–Kier alpha value is -4.94. The second-order valence-electron chi connectivity index (χ2n) is 8.87. The first kappa shape index (κ1) is 24.7. The van der Waals surface area contributed by atoms with Gasteiger partial charge in [-0.05, 0) is 42.1 Å². The van der Waals surface area contributed by atoms with Gasteiger partial charge in [0.2, 0.25) is 0 Å². The van der Waals surface area contributed by atoms with Crippen LogP contribution in [0.4, 0.5) is 5.82 Å². The summed E-state index contributed by atoms with van der Waals surface area (Å²) >= 11 is 0. The molecule has 1 fully saturated rings. The number of para-hydroxylation sites is 1. The normalized spacial score (nSPS) is 12.8. The minimum absolute atomic E-state index is 0.0113. The molecule has 0 unspecified atom stereocenters. The van der Waals surface area contributed by atoms with Gasteiger partial charge in [-0.3, -0.25) is 14.2 Å². The van der Waals surface area contributed by atoms with Crippen LogP contribution >= 0.6 is 0 Å². The molecule has 4 heterocycles. The first-order valence-electron chi connectivity index (χ1n) is 12.3. The number of primary amides is 1. The maximum atomic E-state index is 13.3. The molecule has 6 rings (SSSR count). The molecule has 0 saturated carbocycles. The zero-order chi connectivity index (χ0) is 26.6. The molecule has 0 radical (unpaired) electrons. The van der Waals surface area contributed by atoms with E-state index in [1.54, 1.807) is 18.5 Å². The summed E-state index contributed by atoms with van der Waals surface area (Å²) in [5, 5.41) is 8.77. The molecule has 5 N–H and O–H groups in total. The second-order valence-corrected chi connectivity index (χ2v) is 8.87. The van der Waals surface area contributed by atoms with Crippen molar-refractivity contribution in [3.8, 4) is 17.5 Å². The van der Waals surface area contributed by atoms with Crippen molar-refractivity contribution in [3.63, 3.8) is 0 Å². The Kier molecular flexibility index (Phi) is 6.89. The Morgan fingerprint density at radius 1 is 1.13 bits per heavy atom. The molecule has 9 nitrogen and oxygen atoms in total. The highest BCUT2D eigenvalue weighted by atomic mass is 16.1. The monoisotopic (exact) mass is 505 g/mol. The van der Waals surface area contributed by atoms with Gasteiger partial charge in [-0.15, -0.1) is 5.10 Å². The van der Waals surface area contributed by atoms with Gasteiger partial charge >= 0.3 is 0 Å². The van der Waals surface area contributed by atoms with E-state index in [1.807, 2.05) is 53.1 Å². The van der Waals surface area contributed by atoms with Crippen LogP contribution in [0.3, 0.4) is 0 Å². The Morgan fingerprint density at radius 2 is 1.92 bits per heavy atom. The molecule has 38 heavy (non-hydrogen) atoms. The number of hydrogen-bond donors (Lipinski definition) is 3. The van der Waals surface area contributed by atoms with Crippen LogP contribution in [0.25, 0.3) is 22.1 Å². The molecule has 9 heteroatoms. The molecule has 2 aromatic carbocycles. The smallest absolute Gasteiger partial charge is 0.264 e. The van der Waals surface area contributed by atoms with Gasteiger partial charge in [0.15, 0.2) is 11.5 Å². The number of carbonyl (C=O) groups excluding carboxylic acids is 1. The number of rotatable bonds is 3. The van der Waals surface area contributed by atoms with Crippen LogP contribution < -0.4 is 22.3 Å². The van der Waals surface area contributed by atoms with Crippen LogP contribution in [0, 0.1) is 17.8 Å². The van der Waals surface area contributed by atoms with Crippen LogP contribution in [-0.2, 0) is 6.42 Å². The van der Waals surface area contributed by atoms with Gasteiger partial charge in [0, 0.05) is 48.3 Å². The average Bonchev–Trinajstić information content (AvgIpc) is 3.24. The van der Waals surface area contributed by atoms with E-state index in [0.29, 0.717) is 17.0 Å². The lowest BCUT2D eigenvalue weighted by atomic mass is 10.0. The largest absolute Gasteiger partial charge is 0.381 e. The van der Waals surface area contributed by atoms with E-state index >= 15 is 0 Å². The highest BCUT2D eigenvalue weighted by Gasteiger charge is 2.16. The molecular formula is C29H27N7O2. The molecule has 1 aliphatic rings. The summed E-state index contributed by atoms with van der Waals surface area (Å²) in [5.74, 6) is 6.40. The summed E-state index contributed by atoms with van der Waals surface area (Å²) in [7, 11) is 0. The van der Waals surface area contributed by atoms with E-state index in [1.165, 1.54) is 4.52 Å². The average molecular weight is 506 g/mol. The highest BCUT2D eigenvalue weighted by molar-refractivity contribution is 6.03. The van der Waals surface area contributed by atoms with Crippen molar-refractivity contribution in [1.82, 2.24) is 24.5 Å². The quantitative estimate of drug-likeness (QED) is 0.323. The number of carbonyl (C=O) groups is 1. The molecule has 0 bridgehead atoms. The van der Waals surface area contributed by atoms with Crippen LogP contribution in [0.5, 0.6) is 0 Å². The number of pyridine rings is 1. The number of fused-ring (bicyclic) bond motifs is 2. The molecule has 1 amide bonds. The van der Waals surface area contributed by atoms with Crippen molar-refractivity contribution >= 4 is 28.1 Å². The molecule has 0 spiro atoms. The summed E-state index contributed by atoms with van der Waals surface area (Å²) in [6.07, 6.45) is 3.98. The van der Waals surface area contributed by atoms with Crippen molar-refractivity contribution in [3.05, 3.63) is 100 Å². The summed E-state index contributed by atoms with van der Waals surface area (Å²) in [6, 6.07) is 19.6. The number of hydrogen-bond acceptors (Lipinski definition) is 6. The number of aromatic nitrogens is 4. The van der Waals surface area contributed by atoms with Crippen LogP contribution in [0.2, 0.25) is 0 Å². The Bertz CT molecular complexity index is 1760. The zero-order valence-electron chi connectivity index (χ0n) is 20.9. The van der Waals surface area contributed by atoms with Crippen molar-refractivity contribution in [2.75, 3.05) is 18.8 Å². The van der Waals surface area contributed by atoms with Gasteiger partial charge in [0.1, 0.15) is 5.56 Å². The molecule has 0 aliphatic carbocycles. The molecule has 3 aromatic heterocycles. The van der Waals surface area contributed by atoms with Crippen molar-refractivity contribution < 1.29 is 4.79 Å². The molecule has 190 valence electrons. The standard InChI is InChI=1S/C22H20N2O.C7H7N5O/c1-2-19-13-18-8-6-7-17(12-11-16-14-23-15-16)21(18)22(25)24(19)20-9-4-3-5-10-20;8-5-4(6(9)13)7-10-2-1-3-12(7)11-5/h3-10,13,16,23H,2,14-15H2,1H3;1-3H,(H2,8,11)(H2,9,13). The first-order valence-corrected chi connectivity index (χ1v) is 12.3. The number of nitrogens with two attached hydrogens (primary N) is 2. The number of benzene rings is 2. The van der Waals surface area contributed by atoms with E-state index in [4.69, 9.17) is 11.5 Å². The maximum absolute atomic E-state index is 13.3. The second kappa shape index (κ2) is 10.6. The summed E-state index contributed by atoms with van der Waals surface area (Å²) in [6.45, 7) is 3.95. The van der Waals surface area contributed by atoms with Gasteiger partial charge in [-0.25, -0.2) is 9.50 Å². The fraction of sp³-hybridized carbons (Fsp3) is 0.172. The number of nitrogens with zero attached hydrogens (tertiary/aromatic N) is 4. The van der Waals surface area contributed by atoms with Crippen molar-refractivity contribution in [2.24, 2.45) is 11.7 Å². The van der Waals surface area contributed by atoms with E-state index in [0.717, 1.165) is 41.8 Å². The summed E-state index contributed by atoms with van der Waals surface area (Å²) in [5.41, 5.74) is 13.9. The fourth-order valence-electron chi connectivity index (χ4n) is 4.35. The number of amides is 1. The lowest BCUT2D eigenvalue weighted by Gasteiger charge is -2.21. The van der Waals surface area contributed by atoms with Crippen LogP contribution in [0.1, 0.15) is 28.5 Å². The number of nitrogens with one attached hydrogen (secondary N) is 1. The topological polar surface area (TPSA) is 133 Å². The number of nitrogen functional groups attached to an aromatic ring is 1. The van der Waals surface area contributed by atoms with Crippen molar-refractivity contribution in [2.45, 2.75) is 13.3 Å². The maximum Gasteiger partial charge on any atom is 0.264 e. The lowest BCUT2D eigenvalue weighted by molar-refractivity contribution is 0.100. The van der Waals surface area contributed by atoms with Crippen molar-refractivity contribution in [1.29, 1.82) is 0 Å². The SMILES string of the molecule is CCc1cc2cccc(C#CC3CNC3)c2c(=O)n1-c1ccccc1.NC(=O)c1c(N)nn2cccnc12. The van der Waals surface area contributed by atoms with Crippen LogP contribution in [0.15, 0.2) is 77.9 Å². The van der Waals surface area contributed by atoms with E-state index in [-0.39, 0.29) is 16.9 Å². The lowest BCUT2D eigenvalue weighted by Crippen LogP contribution is -2.40. The Labute approximate surface area is 219 Å². The molecule has 5 aromatic rings. The number of anilines is 1. The van der Waals surface area contributed by atoms with Gasteiger partial charge in [0.05, 0.1) is 5.39 Å². The minimum atomic E-state index is -0.619. The molecule has 1 saturated heterocycles. The number of aryl methyl sites for hydroxylation is 1. The van der Waals surface area contributed by atoms with E-state index in [2.05, 4.69) is 40.2 Å². The van der Waals surface area contributed by atoms with E-state index < -0.39 is 5.91 Å².